The summed E-state index contributed by atoms with van der Waals surface area (Å²) in [6.07, 6.45) is 1.77. The van der Waals surface area contributed by atoms with Gasteiger partial charge in [-0.05, 0) is 54.6 Å². The van der Waals surface area contributed by atoms with E-state index in [9.17, 15) is 9.90 Å². The van der Waals surface area contributed by atoms with Crippen molar-refractivity contribution in [1.82, 2.24) is 4.90 Å². The number of aliphatic imine (C=N–C) groups is 1. The lowest BCUT2D eigenvalue weighted by atomic mass is 10.2. The Labute approximate surface area is 182 Å². The second-order valence-electron chi connectivity index (χ2n) is 6.06. The summed E-state index contributed by atoms with van der Waals surface area (Å²) in [7, 11) is 1.60. The quantitative estimate of drug-likeness (QED) is 0.580. The zero-order chi connectivity index (χ0) is 20.8. The van der Waals surface area contributed by atoms with Gasteiger partial charge in [-0.2, -0.15) is 0 Å². The highest BCUT2D eigenvalue weighted by Crippen LogP contribution is 2.38. The van der Waals surface area contributed by atoms with E-state index in [1.165, 1.54) is 11.8 Å². The Morgan fingerprint density at radius 2 is 2.03 bits per heavy atom. The minimum absolute atomic E-state index is 0.0410. The first-order valence-electron chi connectivity index (χ1n) is 9.03. The van der Waals surface area contributed by atoms with Gasteiger partial charge in [0, 0.05) is 11.6 Å². The molecule has 2 aromatic carbocycles. The smallest absolute Gasteiger partial charge is 0.266 e. The van der Waals surface area contributed by atoms with Gasteiger partial charge >= 0.3 is 0 Å². The van der Waals surface area contributed by atoms with Crippen molar-refractivity contribution in [2.75, 3.05) is 26.9 Å². The van der Waals surface area contributed by atoms with Gasteiger partial charge in [-0.25, -0.2) is 4.99 Å². The van der Waals surface area contributed by atoms with Crippen molar-refractivity contribution in [1.29, 1.82) is 0 Å². The van der Waals surface area contributed by atoms with Crippen LogP contribution in [0.3, 0.4) is 0 Å². The zero-order valence-corrected chi connectivity index (χ0v) is 18.5. The molecule has 1 amide bonds. The molecule has 0 bridgehead atoms. The summed E-state index contributed by atoms with van der Waals surface area (Å²) >= 11 is 4.75. The van der Waals surface area contributed by atoms with Crippen molar-refractivity contribution >= 4 is 50.5 Å². The van der Waals surface area contributed by atoms with E-state index in [2.05, 4.69) is 20.9 Å². The van der Waals surface area contributed by atoms with Crippen molar-refractivity contribution in [3.8, 4) is 11.5 Å². The molecule has 0 saturated carbocycles. The first-order chi connectivity index (χ1) is 14.0. The predicted molar refractivity (Wildman–Crippen MR) is 120 cm³/mol. The molecule has 1 aliphatic rings. The first-order valence-corrected chi connectivity index (χ1v) is 10.6. The number of aromatic hydroxyl groups is 1. The number of phenolic OH excluding ortho intramolecular Hbond substituents is 1. The standard InChI is InChI=1S/C21H21BrN2O4S/c1-3-28-18-11-14(16(22)13-17(18)25)12-19-20(26)24(9-10-27-2)21(29-19)23-15-7-5-4-6-8-15/h4-8,11-13,25H,3,9-10H2,1-2H3/b19-12+,23-21?. The van der Waals surface area contributed by atoms with E-state index in [1.807, 2.05) is 37.3 Å². The number of amidine groups is 1. The molecule has 0 aliphatic carbocycles. The number of benzene rings is 2. The number of carbonyl (C=O) groups excluding carboxylic acids is 1. The highest BCUT2D eigenvalue weighted by atomic mass is 79.9. The molecule has 0 unspecified atom stereocenters. The minimum atomic E-state index is -0.139. The molecule has 0 atom stereocenters. The fourth-order valence-electron chi connectivity index (χ4n) is 2.67. The van der Waals surface area contributed by atoms with Crippen LogP contribution in [0.15, 0.2) is 56.8 Å². The number of methoxy groups -OCH3 is 1. The van der Waals surface area contributed by atoms with Crippen LogP contribution in [0.1, 0.15) is 12.5 Å². The van der Waals surface area contributed by atoms with Crippen LogP contribution in [0.2, 0.25) is 0 Å². The van der Waals surface area contributed by atoms with Crippen LogP contribution in [0, 0.1) is 0 Å². The Hall–Kier alpha value is -2.29. The molecule has 152 valence electrons. The lowest BCUT2D eigenvalue weighted by Gasteiger charge is -2.14. The molecular formula is C21H21BrN2O4S. The number of carbonyl (C=O) groups is 1. The van der Waals surface area contributed by atoms with Crippen LogP contribution in [0.5, 0.6) is 11.5 Å². The lowest BCUT2D eigenvalue weighted by molar-refractivity contribution is -0.122. The molecule has 1 N–H and O–H groups in total. The molecule has 0 spiro atoms. The summed E-state index contributed by atoms with van der Waals surface area (Å²) in [4.78, 5) is 19.8. The van der Waals surface area contributed by atoms with E-state index in [1.54, 1.807) is 30.2 Å². The normalized spacial score (nSPS) is 16.8. The molecule has 2 aromatic rings. The fraction of sp³-hybridized carbons (Fsp3) is 0.238. The summed E-state index contributed by atoms with van der Waals surface area (Å²) in [5, 5.41) is 10.6. The molecule has 1 saturated heterocycles. The van der Waals surface area contributed by atoms with Gasteiger partial charge in [0.1, 0.15) is 0 Å². The number of para-hydroxylation sites is 1. The number of ether oxygens (including phenoxy) is 2. The lowest BCUT2D eigenvalue weighted by Crippen LogP contribution is -2.32. The predicted octanol–water partition coefficient (Wildman–Crippen LogP) is 4.80. The van der Waals surface area contributed by atoms with Crippen molar-refractivity contribution in [2.45, 2.75) is 6.92 Å². The van der Waals surface area contributed by atoms with Crippen LogP contribution in [-0.2, 0) is 9.53 Å². The van der Waals surface area contributed by atoms with Crippen LogP contribution in [0.25, 0.3) is 6.08 Å². The third kappa shape index (κ3) is 5.20. The number of phenols is 1. The second kappa shape index (κ2) is 9.96. The Bertz CT molecular complexity index is 947. The largest absolute Gasteiger partial charge is 0.504 e. The Balaban J connectivity index is 1.97. The van der Waals surface area contributed by atoms with Gasteiger partial charge in [-0.3, -0.25) is 9.69 Å². The molecule has 1 fully saturated rings. The molecule has 3 rings (SSSR count). The number of amides is 1. The number of halogens is 1. The molecule has 29 heavy (non-hydrogen) atoms. The number of thioether (sulfide) groups is 1. The summed E-state index contributed by atoms with van der Waals surface area (Å²) in [6, 6.07) is 12.8. The van der Waals surface area contributed by atoms with E-state index < -0.39 is 0 Å². The van der Waals surface area contributed by atoms with Crippen molar-refractivity contribution in [3.05, 3.63) is 57.4 Å². The molecule has 0 aromatic heterocycles. The zero-order valence-electron chi connectivity index (χ0n) is 16.1. The van der Waals surface area contributed by atoms with Crippen molar-refractivity contribution < 1.29 is 19.4 Å². The first kappa shape index (κ1) is 21.4. The van der Waals surface area contributed by atoms with Crippen molar-refractivity contribution in [3.63, 3.8) is 0 Å². The maximum absolute atomic E-state index is 13.0. The van der Waals surface area contributed by atoms with Crippen LogP contribution in [0.4, 0.5) is 5.69 Å². The van der Waals surface area contributed by atoms with E-state index in [-0.39, 0.29) is 11.7 Å². The monoisotopic (exact) mass is 476 g/mol. The maximum atomic E-state index is 13.0. The average Bonchev–Trinajstić information content (AvgIpc) is 2.99. The van der Waals surface area contributed by atoms with Gasteiger partial charge in [0.2, 0.25) is 0 Å². The molecular weight excluding hydrogens is 456 g/mol. The Morgan fingerprint density at radius 1 is 1.28 bits per heavy atom. The average molecular weight is 477 g/mol. The number of hydrogen-bond donors (Lipinski definition) is 1. The topological polar surface area (TPSA) is 71.4 Å². The van der Waals surface area contributed by atoms with Gasteiger partial charge < -0.3 is 14.6 Å². The number of rotatable bonds is 7. The van der Waals surface area contributed by atoms with Gasteiger partial charge in [-0.15, -0.1) is 0 Å². The summed E-state index contributed by atoms with van der Waals surface area (Å²) in [5.41, 5.74) is 1.51. The van der Waals surface area contributed by atoms with Gasteiger partial charge in [-0.1, -0.05) is 34.1 Å². The summed E-state index contributed by atoms with van der Waals surface area (Å²) < 4.78 is 11.3. The highest BCUT2D eigenvalue weighted by Gasteiger charge is 2.33. The number of hydrogen-bond acceptors (Lipinski definition) is 6. The maximum Gasteiger partial charge on any atom is 0.266 e. The molecule has 6 nitrogen and oxygen atoms in total. The third-order valence-corrected chi connectivity index (χ3v) is 5.75. The SMILES string of the molecule is CCOc1cc(/C=C2/SC(=Nc3ccccc3)N(CCOC)C2=O)c(Br)cc1O. The van der Waals surface area contributed by atoms with E-state index >= 15 is 0 Å². The second-order valence-corrected chi connectivity index (χ2v) is 7.93. The van der Waals surface area contributed by atoms with Crippen LogP contribution >= 0.6 is 27.7 Å². The molecule has 1 heterocycles. The van der Waals surface area contributed by atoms with Crippen LogP contribution in [-0.4, -0.2) is 47.9 Å². The Morgan fingerprint density at radius 3 is 2.72 bits per heavy atom. The van der Waals surface area contributed by atoms with E-state index in [0.29, 0.717) is 40.1 Å². The number of nitrogens with zero attached hydrogens (tertiary/aromatic N) is 2. The summed E-state index contributed by atoms with van der Waals surface area (Å²) in [6.45, 7) is 3.09. The van der Waals surface area contributed by atoms with Crippen molar-refractivity contribution in [2.24, 2.45) is 4.99 Å². The van der Waals surface area contributed by atoms with E-state index in [0.717, 1.165) is 11.3 Å². The van der Waals surface area contributed by atoms with Gasteiger partial charge in [0.25, 0.3) is 5.91 Å². The third-order valence-electron chi connectivity index (χ3n) is 4.05. The van der Waals surface area contributed by atoms with Gasteiger partial charge in [0.15, 0.2) is 16.7 Å². The van der Waals surface area contributed by atoms with E-state index in [4.69, 9.17) is 9.47 Å². The molecule has 1 aliphatic heterocycles. The van der Waals surface area contributed by atoms with Crippen LogP contribution < -0.4 is 4.74 Å². The van der Waals surface area contributed by atoms with Gasteiger partial charge in [0.05, 0.1) is 30.4 Å². The molecule has 8 heteroatoms. The highest BCUT2D eigenvalue weighted by molar-refractivity contribution is 9.10. The fourth-order valence-corrected chi connectivity index (χ4v) is 4.13. The molecule has 0 radical (unpaired) electrons. The Kier molecular flexibility index (Phi) is 7.35. The minimum Gasteiger partial charge on any atom is -0.504 e. The summed E-state index contributed by atoms with van der Waals surface area (Å²) in [5.74, 6) is 0.270.